The van der Waals surface area contributed by atoms with Gasteiger partial charge in [-0.1, -0.05) is 0 Å². The maximum atomic E-state index is 5.99. The normalized spacial score (nSPS) is 21.2. The average molecular weight is 241 g/mol. The van der Waals surface area contributed by atoms with Gasteiger partial charge in [0.05, 0.1) is 0 Å². The summed E-state index contributed by atoms with van der Waals surface area (Å²) in [5.74, 6) is 0. The molecule has 1 fully saturated rings. The second kappa shape index (κ2) is 3.07. The Hall–Kier alpha value is -0.410. The SMILES string of the molecule is CC(N)C1(c2ccncc2Br)CC1. The van der Waals surface area contributed by atoms with Crippen molar-refractivity contribution in [3.8, 4) is 0 Å². The second-order valence-electron chi connectivity index (χ2n) is 3.80. The van der Waals surface area contributed by atoms with E-state index in [0.29, 0.717) is 0 Å². The van der Waals surface area contributed by atoms with Crippen LogP contribution in [0.4, 0.5) is 0 Å². The van der Waals surface area contributed by atoms with Gasteiger partial charge in [-0.2, -0.15) is 0 Å². The number of hydrogen-bond donors (Lipinski definition) is 1. The molecular formula is C10H13BrN2. The van der Waals surface area contributed by atoms with E-state index in [-0.39, 0.29) is 11.5 Å². The number of pyridine rings is 1. The summed E-state index contributed by atoms with van der Waals surface area (Å²) in [4.78, 5) is 4.06. The number of rotatable bonds is 2. The predicted octanol–water partition coefficient (Wildman–Crippen LogP) is 2.22. The zero-order valence-corrected chi connectivity index (χ0v) is 9.21. The first-order valence-corrected chi connectivity index (χ1v) is 5.32. The van der Waals surface area contributed by atoms with Crippen molar-refractivity contribution in [3.05, 3.63) is 28.5 Å². The zero-order chi connectivity index (χ0) is 9.47. The predicted molar refractivity (Wildman–Crippen MR) is 56.5 cm³/mol. The van der Waals surface area contributed by atoms with E-state index < -0.39 is 0 Å². The first kappa shape index (κ1) is 9.16. The van der Waals surface area contributed by atoms with E-state index in [1.165, 1.54) is 18.4 Å². The molecule has 1 aliphatic rings. The third kappa shape index (κ3) is 1.40. The van der Waals surface area contributed by atoms with E-state index in [4.69, 9.17) is 5.73 Å². The van der Waals surface area contributed by atoms with Crippen LogP contribution in [0.5, 0.6) is 0 Å². The van der Waals surface area contributed by atoms with Gasteiger partial charge in [0, 0.05) is 28.3 Å². The lowest BCUT2D eigenvalue weighted by molar-refractivity contribution is 0.554. The van der Waals surface area contributed by atoms with Crippen molar-refractivity contribution in [1.82, 2.24) is 4.98 Å². The van der Waals surface area contributed by atoms with E-state index in [2.05, 4.69) is 33.9 Å². The molecule has 2 rings (SSSR count). The Labute approximate surface area is 86.7 Å². The Balaban J connectivity index is 2.41. The first-order valence-electron chi connectivity index (χ1n) is 4.52. The molecule has 1 atom stereocenters. The van der Waals surface area contributed by atoms with Gasteiger partial charge < -0.3 is 5.73 Å². The molecule has 0 spiro atoms. The van der Waals surface area contributed by atoms with Gasteiger partial charge >= 0.3 is 0 Å². The van der Waals surface area contributed by atoms with Crippen molar-refractivity contribution in [3.63, 3.8) is 0 Å². The Morgan fingerprint density at radius 1 is 1.62 bits per heavy atom. The molecule has 1 aromatic rings. The molecule has 0 bridgehead atoms. The van der Waals surface area contributed by atoms with Crippen LogP contribution in [0.2, 0.25) is 0 Å². The fraction of sp³-hybridized carbons (Fsp3) is 0.500. The second-order valence-corrected chi connectivity index (χ2v) is 4.65. The van der Waals surface area contributed by atoms with Crippen molar-refractivity contribution >= 4 is 15.9 Å². The summed E-state index contributed by atoms with van der Waals surface area (Å²) in [7, 11) is 0. The van der Waals surface area contributed by atoms with Gasteiger partial charge in [0.1, 0.15) is 0 Å². The lowest BCUT2D eigenvalue weighted by Crippen LogP contribution is -2.31. The molecule has 1 saturated carbocycles. The number of halogens is 1. The zero-order valence-electron chi connectivity index (χ0n) is 7.63. The summed E-state index contributed by atoms with van der Waals surface area (Å²) in [6.07, 6.45) is 6.08. The minimum Gasteiger partial charge on any atom is -0.327 e. The highest BCUT2D eigenvalue weighted by molar-refractivity contribution is 9.10. The van der Waals surface area contributed by atoms with E-state index in [9.17, 15) is 0 Å². The topological polar surface area (TPSA) is 38.9 Å². The number of aromatic nitrogens is 1. The van der Waals surface area contributed by atoms with Crippen molar-refractivity contribution in [1.29, 1.82) is 0 Å². The van der Waals surface area contributed by atoms with Crippen LogP contribution >= 0.6 is 15.9 Å². The van der Waals surface area contributed by atoms with Crippen LogP contribution < -0.4 is 5.73 Å². The van der Waals surface area contributed by atoms with Crippen molar-refractivity contribution in [2.75, 3.05) is 0 Å². The molecule has 1 unspecified atom stereocenters. The Morgan fingerprint density at radius 3 is 2.77 bits per heavy atom. The van der Waals surface area contributed by atoms with Gasteiger partial charge in [-0.05, 0) is 47.3 Å². The van der Waals surface area contributed by atoms with E-state index in [0.717, 1.165) is 4.47 Å². The van der Waals surface area contributed by atoms with E-state index in [1.54, 1.807) is 0 Å². The largest absolute Gasteiger partial charge is 0.327 e. The molecule has 70 valence electrons. The molecule has 2 nitrogen and oxygen atoms in total. The van der Waals surface area contributed by atoms with Crippen LogP contribution in [0.3, 0.4) is 0 Å². The highest BCUT2D eigenvalue weighted by atomic mass is 79.9. The maximum absolute atomic E-state index is 5.99. The van der Waals surface area contributed by atoms with Crippen LogP contribution in [0.15, 0.2) is 22.9 Å². The molecule has 0 saturated heterocycles. The molecule has 1 aromatic heterocycles. The van der Waals surface area contributed by atoms with Crippen LogP contribution in [0.1, 0.15) is 25.3 Å². The van der Waals surface area contributed by atoms with Gasteiger partial charge in [0.15, 0.2) is 0 Å². The molecule has 2 N–H and O–H groups in total. The highest BCUT2D eigenvalue weighted by Gasteiger charge is 2.48. The molecule has 3 heteroatoms. The number of nitrogens with zero attached hydrogens (tertiary/aromatic N) is 1. The fourth-order valence-electron chi connectivity index (χ4n) is 1.88. The van der Waals surface area contributed by atoms with Crippen LogP contribution in [0.25, 0.3) is 0 Å². The summed E-state index contributed by atoms with van der Waals surface area (Å²) in [6, 6.07) is 2.30. The molecule has 1 heterocycles. The quantitative estimate of drug-likeness (QED) is 0.862. The van der Waals surface area contributed by atoms with Crippen molar-refractivity contribution in [2.24, 2.45) is 5.73 Å². The van der Waals surface area contributed by atoms with Gasteiger partial charge in [0.2, 0.25) is 0 Å². The molecule has 13 heavy (non-hydrogen) atoms. The van der Waals surface area contributed by atoms with Crippen molar-refractivity contribution < 1.29 is 0 Å². The lowest BCUT2D eigenvalue weighted by Gasteiger charge is -2.20. The van der Waals surface area contributed by atoms with Gasteiger partial charge in [-0.3, -0.25) is 4.98 Å². The minimum absolute atomic E-state index is 0.224. The Kier molecular flexibility index (Phi) is 2.16. The number of nitrogens with two attached hydrogens (primary N) is 1. The number of hydrogen-bond acceptors (Lipinski definition) is 2. The summed E-state index contributed by atoms with van der Waals surface area (Å²) in [5, 5.41) is 0. The summed E-state index contributed by atoms with van der Waals surface area (Å²) in [6.45, 7) is 2.08. The summed E-state index contributed by atoms with van der Waals surface area (Å²) < 4.78 is 1.09. The first-order chi connectivity index (χ1) is 6.17. The van der Waals surface area contributed by atoms with Gasteiger partial charge in [-0.25, -0.2) is 0 Å². The smallest absolute Gasteiger partial charge is 0.0413 e. The minimum atomic E-state index is 0.224. The average Bonchev–Trinajstić information content (AvgIpc) is 2.85. The molecule has 0 aromatic carbocycles. The van der Waals surface area contributed by atoms with E-state index in [1.807, 2.05) is 12.4 Å². The van der Waals surface area contributed by atoms with Gasteiger partial charge in [-0.15, -0.1) is 0 Å². The monoisotopic (exact) mass is 240 g/mol. The molecular weight excluding hydrogens is 228 g/mol. The standard InChI is InChI=1S/C10H13BrN2/c1-7(12)10(3-4-10)8-2-5-13-6-9(8)11/h2,5-7H,3-4,12H2,1H3. The Morgan fingerprint density at radius 2 is 2.31 bits per heavy atom. The Bertz CT molecular complexity index is 318. The van der Waals surface area contributed by atoms with Gasteiger partial charge in [0.25, 0.3) is 0 Å². The van der Waals surface area contributed by atoms with Crippen molar-refractivity contribution in [2.45, 2.75) is 31.2 Å². The highest BCUT2D eigenvalue weighted by Crippen LogP contribution is 2.52. The summed E-state index contributed by atoms with van der Waals surface area (Å²) >= 11 is 3.52. The molecule has 1 aliphatic carbocycles. The van der Waals surface area contributed by atoms with Crippen LogP contribution in [0, 0.1) is 0 Å². The van der Waals surface area contributed by atoms with Crippen LogP contribution in [-0.4, -0.2) is 11.0 Å². The molecule has 0 amide bonds. The molecule has 0 aliphatic heterocycles. The fourth-order valence-corrected chi connectivity index (χ4v) is 2.53. The molecule has 0 radical (unpaired) electrons. The third-order valence-electron chi connectivity index (χ3n) is 2.97. The summed E-state index contributed by atoms with van der Waals surface area (Å²) in [5.41, 5.74) is 7.53. The lowest BCUT2D eigenvalue weighted by atomic mass is 9.90. The van der Waals surface area contributed by atoms with E-state index >= 15 is 0 Å². The van der Waals surface area contributed by atoms with Crippen LogP contribution in [-0.2, 0) is 5.41 Å². The third-order valence-corrected chi connectivity index (χ3v) is 3.60. The maximum Gasteiger partial charge on any atom is 0.0413 e.